The smallest absolute Gasteiger partial charge is 0.472 e. The van der Waals surface area contributed by atoms with Gasteiger partial charge in [-0.3, -0.25) is 0 Å². The van der Waals surface area contributed by atoms with Crippen LogP contribution in [0.5, 0.6) is 5.88 Å². The molecule has 1 N–H and O–H groups in total. The maximum absolute atomic E-state index is 12.7. The highest BCUT2D eigenvalue weighted by Gasteiger charge is 2.55. The van der Waals surface area contributed by atoms with Gasteiger partial charge in [0.1, 0.15) is 6.54 Å². The predicted octanol–water partition coefficient (Wildman–Crippen LogP) is 2.69. The zero-order chi connectivity index (χ0) is 22.2. The van der Waals surface area contributed by atoms with E-state index >= 15 is 0 Å². The lowest BCUT2D eigenvalue weighted by Crippen LogP contribution is -2.55. The zero-order valence-electron chi connectivity index (χ0n) is 14.5. The van der Waals surface area contributed by atoms with E-state index in [1.54, 1.807) is 0 Å². The number of rotatable bonds is 3. The maximum Gasteiger partial charge on any atom is 0.491 e. The van der Waals surface area contributed by atoms with E-state index in [1.807, 2.05) is 0 Å². The Bertz CT molecular complexity index is 913. The number of carbonyl (C=O) groups is 2. The molecule has 0 bridgehead atoms. The van der Waals surface area contributed by atoms with Gasteiger partial charge in [0.15, 0.2) is 0 Å². The van der Waals surface area contributed by atoms with Crippen LogP contribution in [-0.4, -0.2) is 41.8 Å². The van der Waals surface area contributed by atoms with Gasteiger partial charge in [-0.25, -0.2) is 14.6 Å². The molecule has 8 nitrogen and oxygen atoms in total. The third kappa shape index (κ3) is 4.64. The number of aromatic nitrogens is 1. The number of hydrogen-bond acceptors (Lipinski definition) is 8. The van der Waals surface area contributed by atoms with Crippen LogP contribution in [0.2, 0.25) is 0 Å². The Hall–Kier alpha value is -3.29. The van der Waals surface area contributed by atoms with Crippen molar-refractivity contribution >= 4 is 11.9 Å². The number of alkyl halides is 6. The molecule has 0 saturated heterocycles. The number of nitrogens with one attached hydrogen (secondary N) is 1. The van der Waals surface area contributed by atoms with E-state index in [-0.39, 0.29) is 17.8 Å². The van der Waals surface area contributed by atoms with Crippen molar-refractivity contribution in [2.75, 3.05) is 6.54 Å². The van der Waals surface area contributed by atoms with Gasteiger partial charge in [-0.05, 0) is 12.1 Å². The first-order chi connectivity index (χ1) is 13.9. The van der Waals surface area contributed by atoms with Gasteiger partial charge in [-0.15, -0.1) is 0 Å². The minimum Gasteiger partial charge on any atom is -0.472 e. The van der Waals surface area contributed by atoms with Crippen LogP contribution in [0.25, 0.3) is 11.3 Å². The third-order valence-electron chi connectivity index (χ3n) is 3.62. The van der Waals surface area contributed by atoms with Gasteiger partial charge in [0.25, 0.3) is 0 Å². The highest BCUT2D eigenvalue weighted by Crippen LogP contribution is 2.32. The average Bonchev–Trinajstić information content (AvgIpc) is 3.10. The molecule has 0 fully saturated rings. The van der Waals surface area contributed by atoms with Crippen LogP contribution < -0.4 is 10.1 Å². The molecule has 0 radical (unpaired) electrons. The molecule has 3 heterocycles. The standard InChI is InChI=1S/C16H10F6N2O6/c17-15(18,19)12(25)29-14(30-13(26)16(20,21)22)7-23-5-8-1-2-10(24-11(8)28-14)9-3-4-27-6-9/h1-4,6,23H,5,7H2. The number of furan rings is 1. The van der Waals surface area contributed by atoms with E-state index in [0.717, 1.165) is 0 Å². The highest BCUT2D eigenvalue weighted by molar-refractivity contribution is 5.78. The summed E-state index contributed by atoms with van der Waals surface area (Å²) >= 11 is 0. The van der Waals surface area contributed by atoms with Crippen molar-refractivity contribution in [1.82, 2.24) is 10.3 Å². The molecular weight excluding hydrogens is 430 g/mol. The largest absolute Gasteiger partial charge is 0.491 e. The van der Waals surface area contributed by atoms with Crippen molar-refractivity contribution in [3.8, 4) is 17.1 Å². The van der Waals surface area contributed by atoms with Crippen LogP contribution in [0, 0.1) is 0 Å². The second-order valence-corrected chi connectivity index (χ2v) is 5.84. The Labute approximate surface area is 162 Å². The first-order valence-corrected chi connectivity index (χ1v) is 7.92. The summed E-state index contributed by atoms with van der Waals surface area (Å²) < 4.78 is 93.9. The van der Waals surface area contributed by atoms with Gasteiger partial charge in [-0.1, -0.05) is 6.07 Å². The van der Waals surface area contributed by atoms with Gasteiger partial charge in [-0.2, -0.15) is 26.3 Å². The van der Waals surface area contributed by atoms with Crippen molar-refractivity contribution in [3.63, 3.8) is 0 Å². The van der Waals surface area contributed by atoms with E-state index in [0.29, 0.717) is 5.56 Å². The van der Waals surface area contributed by atoms with E-state index in [1.165, 1.54) is 30.7 Å². The molecule has 0 atom stereocenters. The van der Waals surface area contributed by atoms with E-state index < -0.39 is 42.7 Å². The van der Waals surface area contributed by atoms with Crippen LogP contribution in [0.3, 0.4) is 0 Å². The van der Waals surface area contributed by atoms with E-state index in [4.69, 9.17) is 9.15 Å². The maximum atomic E-state index is 12.7. The quantitative estimate of drug-likeness (QED) is 0.442. The number of nitrogens with zero attached hydrogens (tertiary/aromatic N) is 1. The van der Waals surface area contributed by atoms with Crippen molar-refractivity contribution in [2.24, 2.45) is 0 Å². The number of esters is 2. The van der Waals surface area contributed by atoms with Crippen molar-refractivity contribution in [1.29, 1.82) is 0 Å². The Morgan fingerprint density at radius 3 is 2.20 bits per heavy atom. The number of halogens is 6. The summed E-state index contributed by atoms with van der Waals surface area (Å²) in [6, 6.07) is 4.36. The molecule has 0 aromatic carbocycles. The van der Waals surface area contributed by atoms with Gasteiger partial charge < -0.3 is 23.9 Å². The molecule has 0 spiro atoms. The summed E-state index contributed by atoms with van der Waals surface area (Å²) in [5, 5.41) is 2.39. The second kappa shape index (κ2) is 7.51. The number of pyridine rings is 1. The van der Waals surface area contributed by atoms with Crippen molar-refractivity contribution in [2.45, 2.75) is 24.9 Å². The molecule has 2 aromatic rings. The van der Waals surface area contributed by atoms with E-state index in [9.17, 15) is 35.9 Å². The zero-order valence-corrected chi connectivity index (χ0v) is 14.5. The minimum atomic E-state index is -5.61. The second-order valence-electron chi connectivity index (χ2n) is 5.84. The molecule has 0 unspecified atom stereocenters. The molecule has 0 aliphatic carbocycles. The van der Waals surface area contributed by atoms with E-state index in [2.05, 4.69) is 19.8 Å². The summed E-state index contributed by atoms with van der Waals surface area (Å²) in [5.41, 5.74) is 0.751. The molecule has 3 rings (SSSR count). The molecule has 1 aliphatic heterocycles. The molecule has 162 valence electrons. The molecule has 0 amide bonds. The fourth-order valence-corrected chi connectivity index (χ4v) is 2.33. The Kier molecular flexibility index (Phi) is 5.36. The predicted molar refractivity (Wildman–Crippen MR) is 81.3 cm³/mol. The molecule has 14 heteroatoms. The fourth-order valence-electron chi connectivity index (χ4n) is 2.33. The fraction of sp³-hybridized carbons (Fsp3) is 0.312. The summed E-state index contributed by atoms with van der Waals surface area (Å²) in [5.74, 6) is -9.82. The molecular formula is C16H10F6N2O6. The first kappa shape index (κ1) is 21.4. The lowest BCUT2D eigenvalue weighted by Gasteiger charge is -2.31. The van der Waals surface area contributed by atoms with Gasteiger partial charge in [0.05, 0.1) is 18.2 Å². The lowest BCUT2D eigenvalue weighted by molar-refractivity contribution is -0.331. The molecule has 1 aliphatic rings. The average molecular weight is 440 g/mol. The monoisotopic (exact) mass is 440 g/mol. The molecule has 0 saturated carbocycles. The van der Waals surface area contributed by atoms with Gasteiger partial charge in [0, 0.05) is 17.7 Å². The summed E-state index contributed by atoms with van der Waals surface area (Å²) in [6.07, 6.45) is -8.65. The third-order valence-corrected chi connectivity index (χ3v) is 3.62. The number of ether oxygens (including phenoxy) is 3. The number of carbonyl (C=O) groups excluding carboxylic acids is 2. The SMILES string of the molecule is O=C(OC1(OC(=O)C(F)(F)F)CNCc2ccc(-c3ccoc3)nc2O1)C(F)(F)F. The summed E-state index contributed by atoms with van der Waals surface area (Å²) in [6.45, 7) is -1.21. The van der Waals surface area contributed by atoms with Crippen molar-refractivity contribution < 1.29 is 54.6 Å². The Morgan fingerprint density at radius 2 is 1.67 bits per heavy atom. The van der Waals surface area contributed by atoms with Crippen LogP contribution in [0.4, 0.5) is 26.3 Å². The first-order valence-electron chi connectivity index (χ1n) is 7.92. The van der Waals surface area contributed by atoms with Crippen LogP contribution in [0.1, 0.15) is 5.56 Å². The Morgan fingerprint density at radius 1 is 1.03 bits per heavy atom. The van der Waals surface area contributed by atoms with Crippen molar-refractivity contribution in [3.05, 3.63) is 36.3 Å². The van der Waals surface area contributed by atoms with Gasteiger partial charge in [0.2, 0.25) is 5.88 Å². The summed E-state index contributed by atoms with van der Waals surface area (Å²) in [7, 11) is 0. The number of fused-ring (bicyclic) bond motifs is 1. The molecule has 2 aromatic heterocycles. The minimum absolute atomic E-state index is 0.164. The number of hydrogen-bond donors (Lipinski definition) is 1. The lowest BCUT2D eigenvalue weighted by atomic mass is 10.2. The summed E-state index contributed by atoms with van der Waals surface area (Å²) in [4.78, 5) is 26.6. The van der Waals surface area contributed by atoms with Crippen LogP contribution in [0.15, 0.2) is 35.1 Å². The Balaban J connectivity index is 2.01. The topological polar surface area (TPSA) is 99.9 Å². The normalized spacial score (nSPS) is 16.1. The van der Waals surface area contributed by atoms with Crippen LogP contribution >= 0.6 is 0 Å². The molecule has 30 heavy (non-hydrogen) atoms. The van der Waals surface area contributed by atoms with Crippen LogP contribution in [-0.2, 0) is 25.6 Å². The highest BCUT2D eigenvalue weighted by atomic mass is 19.4. The van der Waals surface area contributed by atoms with Gasteiger partial charge >= 0.3 is 30.3 Å².